The first-order chi connectivity index (χ1) is 10.0. The highest BCUT2D eigenvalue weighted by atomic mass is 35.5. The van der Waals surface area contributed by atoms with Crippen molar-refractivity contribution in [2.75, 3.05) is 12.4 Å². The molecule has 0 heterocycles. The normalized spacial score (nSPS) is 11.8. The lowest BCUT2D eigenvalue weighted by Crippen LogP contribution is -2.22. The van der Waals surface area contributed by atoms with E-state index < -0.39 is 17.8 Å². The number of ether oxygens (including phenoxy) is 1. The lowest BCUT2D eigenvalue weighted by Gasteiger charge is -2.19. The van der Waals surface area contributed by atoms with Gasteiger partial charge in [0.15, 0.2) is 6.04 Å². The van der Waals surface area contributed by atoms with Crippen LogP contribution < -0.4 is 5.32 Å². The van der Waals surface area contributed by atoms with Crippen molar-refractivity contribution in [2.24, 2.45) is 0 Å². The van der Waals surface area contributed by atoms with Gasteiger partial charge in [0.05, 0.1) is 7.11 Å². The number of esters is 1. The molecular formula is C15H12Cl2FNO2. The van der Waals surface area contributed by atoms with E-state index in [0.29, 0.717) is 21.3 Å². The predicted molar refractivity (Wildman–Crippen MR) is 81.2 cm³/mol. The van der Waals surface area contributed by atoms with Crippen molar-refractivity contribution in [3.63, 3.8) is 0 Å². The van der Waals surface area contributed by atoms with Gasteiger partial charge in [-0.15, -0.1) is 0 Å². The molecule has 2 aromatic carbocycles. The average Bonchev–Trinajstić information content (AvgIpc) is 2.47. The van der Waals surface area contributed by atoms with Crippen LogP contribution in [0.5, 0.6) is 0 Å². The first-order valence-electron chi connectivity index (χ1n) is 6.06. The molecule has 3 nitrogen and oxygen atoms in total. The number of rotatable bonds is 4. The predicted octanol–water partition coefficient (Wildman–Crippen LogP) is 4.46. The molecule has 0 fully saturated rings. The number of hydrogen-bond donors (Lipinski definition) is 1. The van der Waals surface area contributed by atoms with Crippen molar-refractivity contribution in [3.05, 3.63) is 63.9 Å². The lowest BCUT2D eigenvalue weighted by atomic mass is 10.1. The Kier molecular flexibility index (Phi) is 5.04. The first-order valence-corrected chi connectivity index (χ1v) is 6.81. The Labute approximate surface area is 131 Å². The Bertz CT molecular complexity index is 664. The third kappa shape index (κ3) is 3.86. The molecule has 0 aliphatic heterocycles. The first kappa shape index (κ1) is 15.6. The standard InChI is InChI=1S/C15H12Cl2FNO2/c1-21-15(20)14(12-7-9(16)5-6-13(12)17)19-11-4-2-3-10(18)8-11/h2-8,14,19H,1H3. The maximum absolute atomic E-state index is 13.2. The largest absolute Gasteiger partial charge is 0.467 e. The summed E-state index contributed by atoms with van der Waals surface area (Å²) in [6.07, 6.45) is 0. The fourth-order valence-corrected chi connectivity index (χ4v) is 2.27. The van der Waals surface area contributed by atoms with E-state index in [-0.39, 0.29) is 0 Å². The molecule has 0 bridgehead atoms. The smallest absolute Gasteiger partial charge is 0.333 e. The van der Waals surface area contributed by atoms with E-state index in [0.717, 1.165) is 0 Å². The van der Waals surface area contributed by atoms with Crippen LogP contribution in [0.4, 0.5) is 10.1 Å². The summed E-state index contributed by atoms with van der Waals surface area (Å²) in [7, 11) is 1.26. The van der Waals surface area contributed by atoms with E-state index >= 15 is 0 Å². The second-order valence-electron chi connectivity index (χ2n) is 4.28. The van der Waals surface area contributed by atoms with Gasteiger partial charge in [-0.3, -0.25) is 0 Å². The van der Waals surface area contributed by atoms with Crippen molar-refractivity contribution in [2.45, 2.75) is 6.04 Å². The number of carbonyl (C=O) groups excluding carboxylic acids is 1. The number of hydrogen-bond acceptors (Lipinski definition) is 3. The van der Waals surface area contributed by atoms with E-state index in [1.165, 1.54) is 25.3 Å². The third-order valence-corrected chi connectivity index (χ3v) is 3.42. The number of nitrogens with one attached hydrogen (secondary N) is 1. The van der Waals surface area contributed by atoms with Gasteiger partial charge < -0.3 is 10.1 Å². The monoisotopic (exact) mass is 327 g/mol. The van der Waals surface area contributed by atoms with Crippen molar-refractivity contribution >= 4 is 34.9 Å². The van der Waals surface area contributed by atoms with Crippen LogP contribution in [0.1, 0.15) is 11.6 Å². The van der Waals surface area contributed by atoms with Gasteiger partial charge >= 0.3 is 5.97 Å². The molecule has 0 spiro atoms. The van der Waals surface area contributed by atoms with E-state index in [1.54, 1.807) is 24.3 Å². The van der Waals surface area contributed by atoms with Crippen molar-refractivity contribution in [1.82, 2.24) is 0 Å². The van der Waals surface area contributed by atoms with Gasteiger partial charge in [-0.2, -0.15) is 0 Å². The topological polar surface area (TPSA) is 38.3 Å². The van der Waals surface area contributed by atoms with Gasteiger partial charge in [0.25, 0.3) is 0 Å². The highest BCUT2D eigenvalue weighted by molar-refractivity contribution is 6.33. The molecule has 0 aliphatic carbocycles. The minimum Gasteiger partial charge on any atom is -0.467 e. The van der Waals surface area contributed by atoms with Crippen molar-refractivity contribution < 1.29 is 13.9 Å². The van der Waals surface area contributed by atoms with Crippen LogP contribution in [0.2, 0.25) is 10.0 Å². The Morgan fingerprint density at radius 1 is 1.24 bits per heavy atom. The SMILES string of the molecule is COC(=O)C(Nc1cccc(F)c1)c1cc(Cl)ccc1Cl. The van der Waals surface area contributed by atoms with Crippen LogP contribution in [0.3, 0.4) is 0 Å². The highest BCUT2D eigenvalue weighted by Crippen LogP contribution is 2.30. The lowest BCUT2D eigenvalue weighted by molar-refractivity contribution is -0.141. The van der Waals surface area contributed by atoms with Gasteiger partial charge in [-0.05, 0) is 36.4 Å². The number of methoxy groups -OCH3 is 1. The van der Waals surface area contributed by atoms with E-state index in [9.17, 15) is 9.18 Å². The summed E-state index contributed by atoms with van der Waals surface area (Å²) in [6.45, 7) is 0. The van der Waals surface area contributed by atoms with Crippen LogP contribution in [0.25, 0.3) is 0 Å². The van der Waals surface area contributed by atoms with Crippen LogP contribution in [-0.4, -0.2) is 13.1 Å². The van der Waals surface area contributed by atoms with Crippen molar-refractivity contribution in [1.29, 1.82) is 0 Å². The summed E-state index contributed by atoms with van der Waals surface area (Å²) in [5.41, 5.74) is 0.890. The molecule has 2 rings (SSSR count). The third-order valence-electron chi connectivity index (χ3n) is 2.84. The Hall–Kier alpha value is -1.78. The zero-order chi connectivity index (χ0) is 15.4. The van der Waals surface area contributed by atoms with Gasteiger partial charge in [0, 0.05) is 21.3 Å². The van der Waals surface area contributed by atoms with Crippen LogP contribution in [-0.2, 0) is 9.53 Å². The maximum atomic E-state index is 13.2. The highest BCUT2D eigenvalue weighted by Gasteiger charge is 2.24. The molecule has 0 saturated heterocycles. The Morgan fingerprint density at radius 2 is 2.00 bits per heavy atom. The average molecular weight is 328 g/mol. The molecule has 2 aromatic rings. The van der Waals surface area contributed by atoms with Gasteiger partial charge in [-0.25, -0.2) is 9.18 Å². The van der Waals surface area contributed by atoms with Gasteiger partial charge in [0.2, 0.25) is 0 Å². The molecule has 6 heteroatoms. The summed E-state index contributed by atoms with van der Waals surface area (Å²) in [4.78, 5) is 12.0. The zero-order valence-electron chi connectivity index (χ0n) is 11.1. The molecule has 0 amide bonds. The summed E-state index contributed by atoms with van der Waals surface area (Å²) in [5.74, 6) is -0.968. The minimum absolute atomic E-state index is 0.360. The zero-order valence-corrected chi connectivity index (χ0v) is 12.6. The maximum Gasteiger partial charge on any atom is 0.333 e. The number of halogens is 3. The molecule has 0 saturated carbocycles. The van der Waals surface area contributed by atoms with Gasteiger partial charge in [0.1, 0.15) is 5.82 Å². The van der Waals surface area contributed by atoms with Crippen LogP contribution in [0, 0.1) is 5.82 Å². The minimum atomic E-state index is -0.886. The van der Waals surface area contributed by atoms with Gasteiger partial charge in [-0.1, -0.05) is 29.3 Å². The molecular weight excluding hydrogens is 316 g/mol. The Morgan fingerprint density at radius 3 is 2.67 bits per heavy atom. The van der Waals surface area contributed by atoms with E-state index in [2.05, 4.69) is 5.32 Å². The van der Waals surface area contributed by atoms with Crippen LogP contribution in [0.15, 0.2) is 42.5 Å². The molecule has 110 valence electrons. The summed E-state index contributed by atoms with van der Waals surface area (Å²) in [6, 6.07) is 9.63. The van der Waals surface area contributed by atoms with Crippen molar-refractivity contribution in [3.8, 4) is 0 Å². The molecule has 0 radical (unpaired) electrons. The second-order valence-corrected chi connectivity index (χ2v) is 5.12. The summed E-state index contributed by atoms with van der Waals surface area (Å²) >= 11 is 12.0. The summed E-state index contributed by atoms with van der Waals surface area (Å²) < 4.78 is 18.0. The molecule has 21 heavy (non-hydrogen) atoms. The Balaban J connectivity index is 2.39. The molecule has 0 aliphatic rings. The summed E-state index contributed by atoms with van der Waals surface area (Å²) in [5, 5.41) is 3.69. The fourth-order valence-electron chi connectivity index (χ4n) is 1.86. The van der Waals surface area contributed by atoms with E-state index in [1.807, 2.05) is 0 Å². The molecule has 1 N–H and O–H groups in total. The quantitative estimate of drug-likeness (QED) is 0.842. The number of anilines is 1. The van der Waals surface area contributed by atoms with Crippen LogP contribution >= 0.6 is 23.2 Å². The molecule has 1 unspecified atom stereocenters. The number of carbonyl (C=O) groups is 1. The van der Waals surface area contributed by atoms with E-state index in [4.69, 9.17) is 27.9 Å². The fraction of sp³-hybridized carbons (Fsp3) is 0.133. The number of benzene rings is 2. The second kappa shape index (κ2) is 6.78. The molecule has 0 aromatic heterocycles. The molecule has 1 atom stereocenters.